The van der Waals surface area contributed by atoms with Gasteiger partial charge in [-0.3, -0.25) is 4.68 Å². The predicted molar refractivity (Wildman–Crippen MR) is 59.8 cm³/mol. The molecule has 0 spiro atoms. The van der Waals surface area contributed by atoms with E-state index < -0.39 is 0 Å². The van der Waals surface area contributed by atoms with E-state index in [-0.39, 0.29) is 0 Å². The van der Waals surface area contributed by atoms with Gasteiger partial charge >= 0.3 is 0 Å². The van der Waals surface area contributed by atoms with Crippen molar-refractivity contribution in [1.82, 2.24) is 25.0 Å². The number of aryl methyl sites for hydroxylation is 3. The third-order valence-electron chi connectivity index (χ3n) is 2.30. The molecule has 0 atom stereocenters. The van der Waals surface area contributed by atoms with Gasteiger partial charge in [0, 0.05) is 25.4 Å². The van der Waals surface area contributed by atoms with Gasteiger partial charge in [0.1, 0.15) is 0 Å². The molecule has 0 fully saturated rings. The summed E-state index contributed by atoms with van der Waals surface area (Å²) in [5.41, 5.74) is 2.83. The molecule has 2 rings (SSSR count). The molecule has 0 radical (unpaired) electrons. The average molecular weight is 218 g/mol. The van der Waals surface area contributed by atoms with Crippen molar-refractivity contribution in [3.63, 3.8) is 0 Å². The molecule has 0 bridgehead atoms. The maximum Gasteiger partial charge on any atom is 0.243 e. The largest absolute Gasteiger partial charge is 0.349 e. The molecule has 2 aromatic rings. The highest BCUT2D eigenvalue weighted by atomic mass is 15.3. The molecule has 6 nitrogen and oxygen atoms in total. The van der Waals surface area contributed by atoms with Gasteiger partial charge in [0.2, 0.25) is 5.95 Å². The molecule has 0 aliphatic heterocycles. The Morgan fingerprint density at radius 3 is 2.69 bits per heavy atom. The zero-order valence-corrected chi connectivity index (χ0v) is 9.60. The maximum atomic E-state index is 4.28. The van der Waals surface area contributed by atoms with Gasteiger partial charge < -0.3 is 5.32 Å². The number of nitrogens with zero attached hydrogens (tertiary/aromatic N) is 5. The Morgan fingerprint density at radius 1 is 1.25 bits per heavy atom. The van der Waals surface area contributed by atoms with Crippen LogP contribution in [0, 0.1) is 13.8 Å². The van der Waals surface area contributed by atoms with Gasteiger partial charge in [-0.05, 0) is 13.8 Å². The van der Waals surface area contributed by atoms with Gasteiger partial charge in [-0.25, -0.2) is 4.98 Å². The van der Waals surface area contributed by atoms with Crippen LogP contribution in [0.15, 0.2) is 12.4 Å². The van der Waals surface area contributed by atoms with E-state index in [1.165, 1.54) is 0 Å². The van der Waals surface area contributed by atoms with E-state index in [0.717, 1.165) is 17.0 Å². The van der Waals surface area contributed by atoms with Crippen molar-refractivity contribution in [1.29, 1.82) is 0 Å². The topological polar surface area (TPSA) is 68.5 Å². The number of nitrogens with one attached hydrogen (secondary N) is 1. The lowest BCUT2D eigenvalue weighted by atomic mass is 10.3. The lowest BCUT2D eigenvalue weighted by molar-refractivity contribution is 0.767. The van der Waals surface area contributed by atoms with Gasteiger partial charge in [0.15, 0.2) is 0 Å². The predicted octanol–water partition coefficient (Wildman–Crippen LogP) is 0.834. The SMILES string of the molecule is Cc1nnc(NCc2cnn(C)c2)nc1C. The summed E-state index contributed by atoms with van der Waals surface area (Å²) in [7, 11) is 1.89. The standard InChI is InChI=1S/C10H14N6/c1-7-8(2)14-15-10(13-7)11-4-9-5-12-16(3)6-9/h5-6H,4H2,1-3H3,(H,11,13,15). The van der Waals surface area contributed by atoms with Crippen LogP contribution in [0.3, 0.4) is 0 Å². The summed E-state index contributed by atoms with van der Waals surface area (Å²) < 4.78 is 1.76. The fourth-order valence-corrected chi connectivity index (χ4v) is 1.28. The Bertz CT molecular complexity index is 490. The third-order valence-corrected chi connectivity index (χ3v) is 2.30. The second-order valence-electron chi connectivity index (χ2n) is 3.68. The summed E-state index contributed by atoms with van der Waals surface area (Å²) in [5.74, 6) is 0.548. The van der Waals surface area contributed by atoms with Crippen LogP contribution in [-0.4, -0.2) is 25.0 Å². The monoisotopic (exact) mass is 218 g/mol. The minimum absolute atomic E-state index is 0.548. The lowest BCUT2D eigenvalue weighted by Crippen LogP contribution is -2.06. The van der Waals surface area contributed by atoms with E-state index in [0.29, 0.717) is 12.5 Å². The van der Waals surface area contributed by atoms with Crippen molar-refractivity contribution in [3.8, 4) is 0 Å². The first-order valence-electron chi connectivity index (χ1n) is 5.04. The van der Waals surface area contributed by atoms with E-state index in [4.69, 9.17) is 0 Å². The summed E-state index contributed by atoms with van der Waals surface area (Å²) >= 11 is 0. The first-order chi connectivity index (χ1) is 7.65. The zero-order chi connectivity index (χ0) is 11.5. The third kappa shape index (κ3) is 2.33. The zero-order valence-electron chi connectivity index (χ0n) is 9.60. The smallest absolute Gasteiger partial charge is 0.243 e. The Balaban J connectivity index is 2.02. The van der Waals surface area contributed by atoms with Crippen molar-refractivity contribution in [2.75, 3.05) is 5.32 Å². The van der Waals surface area contributed by atoms with E-state index in [9.17, 15) is 0 Å². The van der Waals surface area contributed by atoms with Gasteiger partial charge in [0.25, 0.3) is 0 Å². The quantitative estimate of drug-likeness (QED) is 0.826. The van der Waals surface area contributed by atoms with Crippen LogP contribution in [0.1, 0.15) is 17.0 Å². The molecule has 0 aliphatic carbocycles. The van der Waals surface area contributed by atoms with Crippen LogP contribution in [-0.2, 0) is 13.6 Å². The molecule has 0 aliphatic rings. The maximum absolute atomic E-state index is 4.28. The van der Waals surface area contributed by atoms with Gasteiger partial charge in [-0.15, -0.1) is 5.10 Å². The summed E-state index contributed by atoms with van der Waals surface area (Å²) in [6.07, 6.45) is 3.75. The summed E-state index contributed by atoms with van der Waals surface area (Å²) in [5, 5.41) is 15.1. The first kappa shape index (κ1) is 10.5. The number of hydrogen-bond donors (Lipinski definition) is 1. The van der Waals surface area contributed by atoms with E-state index in [2.05, 4.69) is 25.6 Å². The fraction of sp³-hybridized carbons (Fsp3) is 0.400. The minimum atomic E-state index is 0.548. The molecule has 6 heteroatoms. The molecule has 0 unspecified atom stereocenters. The Morgan fingerprint density at radius 2 is 2.06 bits per heavy atom. The van der Waals surface area contributed by atoms with Crippen molar-refractivity contribution < 1.29 is 0 Å². The Kier molecular flexibility index (Phi) is 2.80. The number of anilines is 1. The highest BCUT2D eigenvalue weighted by Crippen LogP contribution is 2.04. The average Bonchev–Trinajstić information content (AvgIpc) is 2.66. The number of aromatic nitrogens is 5. The van der Waals surface area contributed by atoms with E-state index in [1.807, 2.05) is 33.3 Å². The highest BCUT2D eigenvalue weighted by molar-refractivity contribution is 5.26. The molecule has 1 N–H and O–H groups in total. The van der Waals surface area contributed by atoms with Crippen molar-refractivity contribution in [2.24, 2.45) is 7.05 Å². The molecule has 0 amide bonds. The molecule has 84 valence electrons. The second-order valence-corrected chi connectivity index (χ2v) is 3.68. The van der Waals surface area contributed by atoms with Crippen molar-refractivity contribution in [3.05, 3.63) is 29.3 Å². The number of hydrogen-bond acceptors (Lipinski definition) is 5. The Labute approximate surface area is 93.7 Å². The minimum Gasteiger partial charge on any atom is -0.349 e. The highest BCUT2D eigenvalue weighted by Gasteiger charge is 2.01. The molecule has 2 aromatic heterocycles. The van der Waals surface area contributed by atoms with E-state index >= 15 is 0 Å². The molecule has 0 saturated carbocycles. The fourth-order valence-electron chi connectivity index (χ4n) is 1.28. The molecule has 0 aromatic carbocycles. The summed E-state index contributed by atoms with van der Waals surface area (Å²) in [6, 6.07) is 0. The summed E-state index contributed by atoms with van der Waals surface area (Å²) in [4.78, 5) is 4.28. The van der Waals surface area contributed by atoms with Crippen LogP contribution in [0.2, 0.25) is 0 Å². The Hall–Kier alpha value is -1.98. The molecular formula is C10H14N6. The molecule has 0 saturated heterocycles. The normalized spacial score (nSPS) is 10.4. The lowest BCUT2D eigenvalue weighted by Gasteiger charge is -2.03. The summed E-state index contributed by atoms with van der Waals surface area (Å²) in [6.45, 7) is 4.46. The van der Waals surface area contributed by atoms with Crippen LogP contribution >= 0.6 is 0 Å². The van der Waals surface area contributed by atoms with Crippen LogP contribution < -0.4 is 5.32 Å². The van der Waals surface area contributed by atoms with Crippen molar-refractivity contribution >= 4 is 5.95 Å². The molecule has 16 heavy (non-hydrogen) atoms. The van der Waals surface area contributed by atoms with Gasteiger partial charge in [-0.2, -0.15) is 10.2 Å². The molecular weight excluding hydrogens is 204 g/mol. The van der Waals surface area contributed by atoms with Crippen LogP contribution in [0.5, 0.6) is 0 Å². The second kappa shape index (κ2) is 4.26. The number of rotatable bonds is 3. The first-order valence-corrected chi connectivity index (χ1v) is 5.04. The van der Waals surface area contributed by atoms with E-state index in [1.54, 1.807) is 4.68 Å². The van der Waals surface area contributed by atoms with Crippen LogP contribution in [0.25, 0.3) is 0 Å². The van der Waals surface area contributed by atoms with Crippen LogP contribution in [0.4, 0.5) is 5.95 Å². The van der Waals surface area contributed by atoms with Crippen molar-refractivity contribution in [2.45, 2.75) is 20.4 Å². The molecule has 2 heterocycles. The van der Waals surface area contributed by atoms with Gasteiger partial charge in [-0.1, -0.05) is 0 Å². The van der Waals surface area contributed by atoms with Gasteiger partial charge in [0.05, 0.1) is 17.6 Å².